The van der Waals surface area contributed by atoms with Gasteiger partial charge in [-0.15, -0.1) is 0 Å². The molecule has 0 fully saturated rings. The number of benzene rings is 1. The average Bonchev–Trinajstić information content (AvgIpc) is 2.28. The molecule has 88 valence electrons. The molecule has 0 aliphatic heterocycles. The highest BCUT2D eigenvalue weighted by atomic mass is 35.5. The summed E-state index contributed by atoms with van der Waals surface area (Å²) in [7, 11) is 0. The summed E-state index contributed by atoms with van der Waals surface area (Å²) in [6.45, 7) is 4.11. The van der Waals surface area contributed by atoms with Gasteiger partial charge in [0.25, 0.3) is 0 Å². The summed E-state index contributed by atoms with van der Waals surface area (Å²) in [5.41, 5.74) is 2.33. The number of rotatable bonds is 3. The predicted octanol–water partition coefficient (Wildman–Crippen LogP) is 4.22. The minimum atomic E-state index is 0.210. The van der Waals surface area contributed by atoms with Crippen molar-refractivity contribution in [1.29, 1.82) is 0 Å². The van der Waals surface area contributed by atoms with Crippen molar-refractivity contribution in [3.05, 3.63) is 58.7 Å². The van der Waals surface area contributed by atoms with E-state index >= 15 is 0 Å². The highest BCUT2D eigenvalue weighted by molar-refractivity contribution is 6.29. The standard InChI is InChI=1S/C14H15ClN2/c1-10-8-13(15)17-14(9-10)16-11(2)12-6-4-3-5-7-12/h3-9,11H,1-2H3,(H,16,17). The maximum Gasteiger partial charge on any atom is 0.131 e. The van der Waals surface area contributed by atoms with Crippen LogP contribution in [-0.2, 0) is 0 Å². The number of anilines is 1. The first kappa shape index (κ1) is 11.9. The Bertz CT molecular complexity index is 477. The van der Waals surface area contributed by atoms with Crippen LogP contribution in [0.1, 0.15) is 24.1 Å². The van der Waals surface area contributed by atoms with Gasteiger partial charge in [-0.1, -0.05) is 41.9 Å². The second-order valence-electron chi connectivity index (χ2n) is 4.13. The first-order chi connectivity index (χ1) is 8.15. The average molecular weight is 247 g/mol. The fourth-order valence-corrected chi connectivity index (χ4v) is 2.01. The van der Waals surface area contributed by atoms with Gasteiger partial charge >= 0.3 is 0 Å². The summed E-state index contributed by atoms with van der Waals surface area (Å²) in [6.07, 6.45) is 0. The fraction of sp³-hybridized carbons (Fsp3) is 0.214. The number of halogens is 1. The minimum absolute atomic E-state index is 0.210. The molecular formula is C14H15ClN2. The second-order valence-corrected chi connectivity index (χ2v) is 4.52. The van der Waals surface area contributed by atoms with Crippen LogP contribution in [-0.4, -0.2) is 4.98 Å². The number of hydrogen-bond acceptors (Lipinski definition) is 2. The Morgan fingerprint density at radius 2 is 1.88 bits per heavy atom. The van der Waals surface area contributed by atoms with E-state index in [2.05, 4.69) is 29.4 Å². The zero-order valence-corrected chi connectivity index (χ0v) is 10.7. The maximum absolute atomic E-state index is 5.93. The summed E-state index contributed by atoms with van der Waals surface area (Å²) >= 11 is 5.93. The maximum atomic E-state index is 5.93. The van der Waals surface area contributed by atoms with E-state index in [4.69, 9.17) is 11.6 Å². The molecule has 2 rings (SSSR count). The molecule has 1 aromatic carbocycles. The molecule has 0 aliphatic carbocycles. The van der Waals surface area contributed by atoms with E-state index in [1.807, 2.05) is 37.3 Å². The van der Waals surface area contributed by atoms with E-state index in [1.165, 1.54) is 5.56 Å². The van der Waals surface area contributed by atoms with Crippen molar-refractivity contribution in [2.24, 2.45) is 0 Å². The summed E-state index contributed by atoms with van der Waals surface area (Å²) < 4.78 is 0. The number of pyridine rings is 1. The lowest BCUT2D eigenvalue weighted by Crippen LogP contribution is -2.07. The van der Waals surface area contributed by atoms with Crippen LogP contribution in [0.25, 0.3) is 0 Å². The largest absolute Gasteiger partial charge is 0.363 e. The highest BCUT2D eigenvalue weighted by Gasteiger charge is 2.06. The van der Waals surface area contributed by atoms with Crippen molar-refractivity contribution in [3.8, 4) is 0 Å². The Balaban J connectivity index is 2.16. The van der Waals surface area contributed by atoms with Gasteiger partial charge in [0.1, 0.15) is 11.0 Å². The summed E-state index contributed by atoms with van der Waals surface area (Å²) in [6, 6.07) is 14.3. The molecule has 0 radical (unpaired) electrons. The number of aryl methyl sites for hydroxylation is 1. The molecule has 1 heterocycles. The lowest BCUT2D eigenvalue weighted by molar-refractivity contribution is 0.874. The molecule has 1 atom stereocenters. The summed E-state index contributed by atoms with van der Waals surface area (Å²) in [5.74, 6) is 0.811. The first-order valence-electron chi connectivity index (χ1n) is 5.61. The van der Waals surface area contributed by atoms with E-state index in [1.54, 1.807) is 0 Å². The Kier molecular flexibility index (Phi) is 3.64. The second kappa shape index (κ2) is 5.19. The monoisotopic (exact) mass is 246 g/mol. The topological polar surface area (TPSA) is 24.9 Å². The van der Waals surface area contributed by atoms with E-state index in [0.717, 1.165) is 11.4 Å². The van der Waals surface area contributed by atoms with Gasteiger partial charge in [-0.3, -0.25) is 0 Å². The van der Waals surface area contributed by atoms with Crippen LogP contribution in [0.5, 0.6) is 0 Å². The van der Waals surface area contributed by atoms with Gasteiger partial charge in [0.15, 0.2) is 0 Å². The molecule has 0 bridgehead atoms. The molecule has 0 spiro atoms. The molecule has 1 unspecified atom stereocenters. The van der Waals surface area contributed by atoms with Crippen LogP contribution in [0.15, 0.2) is 42.5 Å². The molecule has 1 N–H and O–H groups in total. The molecule has 3 heteroatoms. The van der Waals surface area contributed by atoms with Crippen molar-refractivity contribution in [2.45, 2.75) is 19.9 Å². The molecule has 0 amide bonds. The van der Waals surface area contributed by atoms with E-state index < -0.39 is 0 Å². The summed E-state index contributed by atoms with van der Waals surface area (Å²) in [5, 5.41) is 3.87. The molecule has 2 aromatic rings. The Labute approximate surface area is 107 Å². The molecule has 1 aromatic heterocycles. The quantitative estimate of drug-likeness (QED) is 0.821. The van der Waals surface area contributed by atoms with Crippen molar-refractivity contribution < 1.29 is 0 Å². The fourth-order valence-electron chi connectivity index (χ4n) is 1.75. The van der Waals surface area contributed by atoms with Crippen molar-refractivity contribution >= 4 is 17.4 Å². The molecule has 2 nitrogen and oxygen atoms in total. The van der Waals surface area contributed by atoms with Crippen molar-refractivity contribution in [2.75, 3.05) is 5.32 Å². The zero-order valence-electron chi connectivity index (χ0n) is 9.94. The van der Waals surface area contributed by atoms with Crippen LogP contribution in [0.2, 0.25) is 5.15 Å². The van der Waals surface area contributed by atoms with Gasteiger partial charge in [-0.25, -0.2) is 4.98 Å². The number of nitrogens with one attached hydrogen (secondary N) is 1. The highest BCUT2D eigenvalue weighted by Crippen LogP contribution is 2.20. The minimum Gasteiger partial charge on any atom is -0.363 e. The lowest BCUT2D eigenvalue weighted by atomic mass is 10.1. The van der Waals surface area contributed by atoms with Gasteiger partial charge in [0.05, 0.1) is 0 Å². The third-order valence-electron chi connectivity index (χ3n) is 2.60. The third-order valence-corrected chi connectivity index (χ3v) is 2.80. The summed E-state index contributed by atoms with van der Waals surface area (Å²) in [4.78, 5) is 4.25. The third kappa shape index (κ3) is 3.21. The normalized spacial score (nSPS) is 12.2. The number of hydrogen-bond donors (Lipinski definition) is 1. The predicted molar refractivity (Wildman–Crippen MR) is 72.5 cm³/mol. The Hall–Kier alpha value is -1.54. The van der Waals surface area contributed by atoms with E-state index in [0.29, 0.717) is 5.15 Å². The van der Waals surface area contributed by atoms with E-state index in [-0.39, 0.29) is 6.04 Å². The van der Waals surface area contributed by atoms with Gasteiger partial charge in [-0.2, -0.15) is 0 Å². The van der Waals surface area contributed by atoms with Crippen LogP contribution in [0.3, 0.4) is 0 Å². The first-order valence-corrected chi connectivity index (χ1v) is 5.98. The van der Waals surface area contributed by atoms with Crippen LogP contribution < -0.4 is 5.32 Å². The lowest BCUT2D eigenvalue weighted by Gasteiger charge is -2.15. The SMILES string of the molecule is Cc1cc(Cl)nc(NC(C)c2ccccc2)c1. The molecule has 0 saturated heterocycles. The molecule has 0 saturated carbocycles. The number of nitrogens with zero attached hydrogens (tertiary/aromatic N) is 1. The van der Waals surface area contributed by atoms with Crippen molar-refractivity contribution in [3.63, 3.8) is 0 Å². The smallest absolute Gasteiger partial charge is 0.131 e. The molecule has 0 aliphatic rings. The van der Waals surface area contributed by atoms with Gasteiger partial charge < -0.3 is 5.32 Å². The van der Waals surface area contributed by atoms with Crippen molar-refractivity contribution in [1.82, 2.24) is 4.98 Å². The zero-order chi connectivity index (χ0) is 12.3. The van der Waals surface area contributed by atoms with Crippen LogP contribution >= 0.6 is 11.6 Å². The Morgan fingerprint density at radius 3 is 2.53 bits per heavy atom. The van der Waals surface area contributed by atoms with Gasteiger partial charge in [0, 0.05) is 6.04 Å². The molecular weight excluding hydrogens is 232 g/mol. The Morgan fingerprint density at radius 1 is 1.18 bits per heavy atom. The molecule has 17 heavy (non-hydrogen) atoms. The van der Waals surface area contributed by atoms with Gasteiger partial charge in [0.2, 0.25) is 0 Å². The van der Waals surface area contributed by atoms with Crippen LogP contribution in [0, 0.1) is 6.92 Å². The van der Waals surface area contributed by atoms with Crippen LogP contribution in [0.4, 0.5) is 5.82 Å². The van der Waals surface area contributed by atoms with Gasteiger partial charge in [-0.05, 0) is 37.1 Å². The van der Waals surface area contributed by atoms with E-state index in [9.17, 15) is 0 Å². The number of aromatic nitrogens is 1.